The predicted molar refractivity (Wildman–Crippen MR) is 82.3 cm³/mol. The first-order chi connectivity index (χ1) is 9.92. The highest BCUT2D eigenvalue weighted by Crippen LogP contribution is 2.24. The number of hydrogen-bond acceptors (Lipinski definition) is 3. The SMILES string of the molecule is CC(C)(C)CN(CCCO)C(=O)c1n[nH]c2c1CCCC2. The van der Waals surface area contributed by atoms with Crippen molar-refractivity contribution in [1.29, 1.82) is 0 Å². The Bertz CT molecular complexity index is 488. The Morgan fingerprint density at radius 3 is 2.71 bits per heavy atom. The van der Waals surface area contributed by atoms with Crippen LogP contribution in [0.2, 0.25) is 0 Å². The summed E-state index contributed by atoms with van der Waals surface area (Å²) in [5.41, 5.74) is 2.85. The molecule has 0 radical (unpaired) electrons. The second kappa shape index (κ2) is 6.60. The molecule has 1 heterocycles. The quantitative estimate of drug-likeness (QED) is 0.874. The van der Waals surface area contributed by atoms with E-state index in [1.54, 1.807) is 0 Å². The van der Waals surface area contributed by atoms with Crippen molar-refractivity contribution >= 4 is 5.91 Å². The zero-order valence-electron chi connectivity index (χ0n) is 13.4. The highest BCUT2D eigenvalue weighted by molar-refractivity contribution is 5.94. The number of H-pyrrole nitrogens is 1. The largest absolute Gasteiger partial charge is 0.396 e. The van der Waals surface area contributed by atoms with E-state index >= 15 is 0 Å². The van der Waals surface area contributed by atoms with Crippen LogP contribution in [0.1, 0.15) is 61.8 Å². The lowest BCUT2D eigenvalue weighted by Crippen LogP contribution is -2.39. The molecule has 0 aromatic carbocycles. The van der Waals surface area contributed by atoms with Crippen molar-refractivity contribution in [2.45, 2.75) is 52.9 Å². The minimum absolute atomic E-state index is 0.00206. The molecule has 0 unspecified atom stereocenters. The number of nitrogens with zero attached hydrogens (tertiary/aromatic N) is 2. The van der Waals surface area contributed by atoms with Gasteiger partial charge in [0.1, 0.15) is 0 Å². The number of aliphatic hydroxyl groups is 1. The van der Waals surface area contributed by atoms with Gasteiger partial charge in [0.2, 0.25) is 0 Å². The number of hydrogen-bond donors (Lipinski definition) is 2. The lowest BCUT2D eigenvalue weighted by molar-refractivity contribution is 0.0675. The summed E-state index contributed by atoms with van der Waals surface area (Å²) < 4.78 is 0. The fourth-order valence-electron chi connectivity index (χ4n) is 2.89. The Morgan fingerprint density at radius 1 is 1.33 bits per heavy atom. The molecule has 21 heavy (non-hydrogen) atoms. The molecule has 5 nitrogen and oxygen atoms in total. The summed E-state index contributed by atoms with van der Waals surface area (Å²) in [6, 6.07) is 0. The van der Waals surface area contributed by atoms with Crippen LogP contribution in [0.5, 0.6) is 0 Å². The number of aromatic nitrogens is 2. The number of aromatic amines is 1. The fraction of sp³-hybridized carbons (Fsp3) is 0.750. The van der Waals surface area contributed by atoms with Gasteiger partial charge in [-0.05, 0) is 37.5 Å². The number of fused-ring (bicyclic) bond motifs is 1. The molecular weight excluding hydrogens is 266 g/mol. The van der Waals surface area contributed by atoms with Gasteiger partial charge in [-0.2, -0.15) is 5.10 Å². The van der Waals surface area contributed by atoms with Gasteiger partial charge < -0.3 is 10.0 Å². The minimum Gasteiger partial charge on any atom is -0.396 e. The van der Waals surface area contributed by atoms with Gasteiger partial charge in [0.05, 0.1) is 0 Å². The number of nitrogens with one attached hydrogen (secondary N) is 1. The molecule has 118 valence electrons. The molecule has 0 aliphatic heterocycles. The molecule has 1 aromatic heterocycles. The van der Waals surface area contributed by atoms with Gasteiger partial charge in [-0.1, -0.05) is 20.8 Å². The minimum atomic E-state index is -0.00206. The molecule has 2 N–H and O–H groups in total. The van der Waals surface area contributed by atoms with Crippen LogP contribution in [0.4, 0.5) is 0 Å². The molecular formula is C16H27N3O2. The molecule has 1 aliphatic carbocycles. The topological polar surface area (TPSA) is 69.2 Å². The van der Waals surface area contributed by atoms with Crippen molar-refractivity contribution in [1.82, 2.24) is 15.1 Å². The van der Waals surface area contributed by atoms with Gasteiger partial charge in [-0.3, -0.25) is 9.89 Å². The summed E-state index contributed by atoms with van der Waals surface area (Å²) in [7, 11) is 0. The summed E-state index contributed by atoms with van der Waals surface area (Å²) in [5.74, 6) is -0.00206. The molecule has 1 aliphatic rings. The first-order valence-electron chi connectivity index (χ1n) is 7.88. The average molecular weight is 293 g/mol. The summed E-state index contributed by atoms with van der Waals surface area (Å²) in [6.07, 6.45) is 4.83. The summed E-state index contributed by atoms with van der Waals surface area (Å²) in [4.78, 5) is 14.7. The number of amides is 1. The predicted octanol–water partition coefficient (Wildman–Crippen LogP) is 2.16. The molecule has 0 saturated heterocycles. The lowest BCUT2D eigenvalue weighted by atomic mass is 9.94. The van der Waals surface area contributed by atoms with Gasteiger partial charge in [0.15, 0.2) is 5.69 Å². The van der Waals surface area contributed by atoms with E-state index in [-0.39, 0.29) is 17.9 Å². The number of aliphatic hydroxyl groups excluding tert-OH is 1. The zero-order chi connectivity index (χ0) is 15.5. The molecule has 0 bridgehead atoms. The highest BCUT2D eigenvalue weighted by atomic mass is 16.3. The molecule has 1 aromatic rings. The maximum Gasteiger partial charge on any atom is 0.274 e. The van der Waals surface area contributed by atoms with Crippen LogP contribution in [0.3, 0.4) is 0 Å². The second-order valence-electron chi connectivity index (χ2n) is 7.10. The number of carbonyl (C=O) groups excluding carboxylic acids is 1. The van der Waals surface area contributed by atoms with Crippen LogP contribution < -0.4 is 0 Å². The molecule has 5 heteroatoms. The van der Waals surface area contributed by atoms with Gasteiger partial charge >= 0.3 is 0 Å². The molecule has 1 amide bonds. The van der Waals surface area contributed by atoms with E-state index in [2.05, 4.69) is 31.0 Å². The third-order valence-corrected chi connectivity index (χ3v) is 3.80. The Hall–Kier alpha value is -1.36. The third-order valence-electron chi connectivity index (χ3n) is 3.80. The van der Waals surface area contributed by atoms with Crippen LogP contribution in [0, 0.1) is 5.41 Å². The van der Waals surface area contributed by atoms with Crippen LogP contribution in [-0.2, 0) is 12.8 Å². The van der Waals surface area contributed by atoms with Crippen molar-refractivity contribution in [3.8, 4) is 0 Å². The molecule has 0 atom stereocenters. The second-order valence-corrected chi connectivity index (χ2v) is 7.10. The maximum atomic E-state index is 12.8. The van der Waals surface area contributed by atoms with E-state index in [0.29, 0.717) is 25.2 Å². The first kappa shape index (κ1) is 16.0. The van der Waals surface area contributed by atoms with Crippen LogP contribution in [0.15, 0.2) is 0 Å². The summed E-state index contributed by atoms with van der Waals surface area (Å²) in [6.45, 7) is 7.71. The maximum absolute atomic E-state index is 12.8. The van der Waals surface area contributed by atoms with Gasteiger partial charge in [0, 0.05) is 31.0 Å². The van der Waals surface area contributed by atoms with E-state index in [9.17, 15) is 4.79 Å². The van der Waals surface area contributed by atoms with E-state index in [0.717, 1.165) is 30.5 Å². The van der Waals surface area contributed by atoms with E-state index in [4.69, 9.17) is 5.11 Å². The van der Waals surface area contributed by atoms with Gasteiger partial charge in [-0.15, -0.1) is 0 Å². The molecule has 2 rings (SSSR count). The van der Waals surface area contributed by atoms with E-state index in [1.165, 1.54) is 6.42 Å². The normalized spacial score (nSPS) is 14.9. The van der Waals surface area contributed by atoms with Crippen LogP contribution in [-0.4, -0.2) is 45.8 Å². The monoisotopic (exact) mass is 293 g/mol. The van der Waals surface area contributed by atoms with Crippen molar-refractivity contribution in [2.75, 3.05) is 19.7 Å². The highest BCUT2D eigenvalue weighted by Gasteiger charge is 2.27. The van der Waals surface area contributed by atoms with Crippen LogP contribution >= 0.6 is 0 Å². The smallest absolute Gasteiger partial charge is 0.274 e. The van der Waals surface area contributed by atoms with E-state index in [1.807, 2.05) is 4.90 Å². The standard InChI is InChI=1S/C16H27N3O2/c1-16(2,3)11-19(9-6-10-20)15(21)14-12-7-4-5-8-13(12)17-18-14/h20H,4-11H2,1-3H3,(H,17,18). The summed E-state index contributed by atoms with van der Waals surface area (Å²) >= 11 is 0. The Kier molecular flexibility index (Phi) is 5.04. The number of aryl methyl sites for hydroxylation is 1. The zero-order valence-corrected chi connectivity index (χ0v) is 13.4. The molecule has 0 saturated carbocycles. The number of carbonyl (C=O) groups is 1. The van der Waals surface area contributed by atoms with E-state index < -0.39 is 0 Å². The van der Waals surface area contributed by atoms with Crippen molar-refractivity contribution in [3.63, 3.8) is 0 Å². The van der Waals surface area contributed by atoms with Crippen molar-refractivity contribution in [3.05, 3.63) is 17.0 Å². The average Bonchev–Trinajstić information content (AvgIpc) is 2.85. The number of rotatable bonds is 5. The fourth-order valence-corrected chi connectivity index (χ4v) is 2.89. The molecule has 0 fully saturated rings. The Balaban J connectivity index is 2.18. The summed E-state index contributed by atoms with van der Waals surface area (Å²) in [5, 5.41) is 16.4. The lowest BCUT2D eigenvalue weighted by Gasteiger charge is -2.30. The molecule has 0 spiro atoms. The van der Waals surface area contributed by atoms with Gasteiger partial charge in [0.25, 0.3) is 5.91 Å². The van der Waals surface area contributed by atoms with Crippen molar-refractivity contribution < 1.29 is 9.90 Å². The van der Waals surface area contributed by atoms with Crippen molar-refractivity contribution in [2.24, 2.45) is 5.41 Å². The third kappa shape index (κ3) is 4.06. The first-order valence-corrected chi connectivity index (χ1v) is 7.88. The van der Waals surface area contributed by atoms with Gasteiger partial charge in [-0.25, -0.2) is 0 Å². The van der Waals surface area contributed by atoms with Crippen LogP contribution in [0.25, 0.3) is 0 Å². The Morgan fingerprint density at radius 2 is 2.05 bits per heavy atom. The Labute approximate surface area is 126 Å².